The minimum Gasteiger partial charge on any atom is -0.370 e. The van der Waals surface area contributed by atoms with Gasteiger partial charge in [-0.1, -0.05) is 55.8 Å². The Balaban J connectivity index is 1.96. The molecule has 2 rings (SSSR count). The van der Waals surface area contributed by atoms with Gasteiger partial charge in [0.2, 0.25) is 0 Å². The molecule has 0 spiro atoms. The van der Waals surface area contributed by atoms with Gasteiger partial charge in [-0.05, 0) is 24.8 Å². The Kier molecular flexibility index (Phi) is 5.57. The molecule has 1 atom stereocenters. The molecule has 0 fully saturated rings. The highest BCUT2D eigenvalue weighted by molar-refractivity contribution is 6.30. The van der Waals surface area contributed by atoms with Crippen LogP contribution < -0.4 is 5.32 Å². The number of halogens is 1. The van der Waals surface area contributed by atoms with E-state index in [0.29, 0.717) is 11.1 Å². The topological polar surface area (TPSA) is 37.8 Å². The lowest BCUT2D eigenvalue weighted by molar-refractivity contribution is 0.703. The fraction of sp³-hybridized carbons (Fsp3) is 0.412. The summed E-state index contributed by atoms with van der Waals surface area (Å²) < 4.78 is 0. The first-order valence-electron chi connectivity index (χ1n) is 7.43. The molecule has 1 aromatic carbocycles. The van der Waals surface area contributed by atoms with E-state index in [1.54, 1.807) is 0 Å². The summed E-state index contributed by atoms with van der Waals surface area (Å²) in [5.74, 6) is 2.15. The van der Waals surface area contributed by atoms with Crippen LogP contribution in [0.4, 0.5) is 5.82 Å². The van der Waals surface area contributed by atoms with Crippen LogP contribution in [0.5, 0.6) is 0 Å². The normalized spacial score (nSPS) is 12.2. The van der Waals surface area contributed by atoms with Gasteiger partial charge < -0.3 is 5.32 Å². The number of nitrogens with zero attached hydrogens (tertiary/aromatic N) is 2. The van der Waals surface area contributed by atoms with Crippen molar-refractivity contribution in [1.82, 2.24) is 9.97 Å². The highest BCUT2D eigenvalue weighted by atomic mass is 35.5. The SMILES string of the molecule is CCc1nc(Cl)c(C)c(NCCC(C)c2ccccc2)n1. The number of anilines is 1. The molecule has 1 unspecified atom stereocenters. The van der Waals surface area contributed by atoms with Gasteiger partial charge in [0.05, 0.1) is 0 Å². The van der Waals surface area contributed by atoms with Gasteiger partial charge >= 0.3 is 0 Å². The standard InChI is InChI=1S/C17H22ClN3/c1-4-15-20-16(18)13(3)17(21-15)19-11-10-12(2)14-8-6-5-7-9-14/h5-9,12H,4,10-11H2,1-3H3,(H,19,20,21). The number of nitrogens with one attached hydrogen (secondary N) is 1. The van der Waals surface area contributed by atoms with Crippen molar-refractivity contribution >= 4 is 17.4 Å². The predicted molar refractivity (Wildman–Crippen MR) is 89.1 cm³/mol. The van der Waals surface area contributed by atoms with Crippen LogP contribution in [0.25, 0.3) is 0 Å². The minimum absolute atomic E-state index is 0.516. The van der Waals surface area contributed by atoms with Crippen molar-refractivity contribution in [2.45, 2.75) is 39.5 Å². The zero-order valence-corrected chi connectivity index (χ0v) is 13.6. The van der Waals surface area contributed by atoms with Gasteiger partial charge in [-0.2, -0.15) is 0 Å². The molecule has 0 aliphatic heterocycles. The Bertz CT molecular complexity index is 584. The third-order valence-corrected chi connectivity index (χ3v) is 4.06. The van der Waals surface area contributed by atoms with Crippen LogP contribution >= 0.6 is 11.6 Å². The van der Waals surface area contributed by atoms with Gasteiger partial charge in [-0.25, -0.2) is 9.97 Å². The molecule has 1 heterocycles. The summed E-state index contributed by atoms with van der Waals surface area (Å²) in [6.45, 7) is 7.09. The van der Waals surface area contributed by atoms with E-state index in [1.165, 1.54) is 5.56 Å². The lowest BCUT2D eigenvalue weighted by Crippen LogP contribution is -2.10. The van der Waals surface area contributed by atoms with E-state index in [-0.39, 0.29) is 0 Å². The quantitative estimate of drug-likeness (QED) is 0.792. The van der Waals surface area contributed by atoms with Gasteiger partial charge in [-0.3, -0.25) is 0 Å². The molecule has 0 bridgehead atoms. The van der Waals surface area contributed by atoms with Gasteiger partial charge in [0, 0.05) is 18.5 Å². The summed E-state index contributed by atoms with van der Waals surface area (Å²) in [5.41, 5.74) is 2.28. The van der Waals surface area contributed by atoms with Gasteiger partial charge in [0.25, 0.3) is 0 Å². The number of hydrogen-bond acceptors (Lipinski definition) is 3. The largest absolute Gasteiger partial charge is 0.370 e. The van der Waals surface area contributed by atoms with Crippen molar-refractivity contribution in [2.24, 2.45) is 0 Å². The number of aromatic nitrogens is 2. The van der Waals surface area contributed by atoms with Crippen LogP contribution in [0.1, 0.15) is 43.1 Å². The zero-order valence-electron chi connectivity index (χ0n) is 12.9. The van der Waals surface area contributed by atoms with Crippen molar-refractivity contribution < 1.29 is 0 Å². The Hall–Kier alpha value is -1.61. The molecular weight excluding hydrogens is 282 g/mol. The maximum Gasteiger partial charge on any atom is 0.137 e. The van der Waals surface area contributed by atoms with E-state index in [1.807, 2.05) is 19.9 Å². The summed E-state index contributed by atoms with van der Waals surface area (Å²) in [5, 5.41) is 3.94. The molecule has 21 heavy (non-hydrogen) atoms. The van der Waals surface area contributed by atoms with Crippen molar-refractivity contribution in [3.8, 4) is 0 Å². The van der Waals surface area contributed by atoms with E-state index in [4.69, 9.17) is 11.6 Å². The van der Waals surface area contributed by atoms with Crippen LogP contribution in [0.2, 0.25) is 5.15 Å². The second kappa shape index (κ2) is 7.41. The molecule has 3 nitrogen and oxygen atoms in total. The Morgan fingerprint density at radius 1 is 1.19 bits per heavy atom. The first kappa shape index (κ1) is 15.8. The van der Waals surface area contributed by atoms with E-state index in [2.05, 4.69) is 46.5 Å². The smallest absolute Gasteiger partial charge is 0.137 e. The maximum absolute atomic E-state index is 6.14. The second-order valence-electron chi connectivity index (χ2n) is 5.28. The lowest BCUT2D eigenvalue weighted by Gasteiger charge is -2.14. The van der Waals surface area contributed by atoms with Crippen LogP contribution in [-0.2, 0) is 6.42 Å². The lowest BCUT2D eigenvalue weighted by atomic mass is 9.98. The second-order valence-corrected chi connectivity index (χ2v) is 5.64. The van der Waals surface area contributed by atoms with Crippen LogP contribution in [-0.4, -0.2) is 16.5 Å². The molecule has 4 heteroatoms. The molecule has 1 N–H and O–H groups in total. The maximum atomic E-state index is 6.14. The molecule has 0 amide bonds. The summed E-state index contributed by atoms with van der Waals surface area (Å²) >= 11 is 6.14. The molecule has 0 saturated heterocycles. The Morgan fingerprint density at radius 2 is 1.90 bits per heavy atom. The molecule has 112 valence electrons. The fourth-order valence-corrected chi connectivity index (χ4v) is 2.41. The van der Waals surface area contributed by atoms with Gasteiger partial charge in [-0.15, -0.1) is 0 Å². The van der Waals surface area contributed by atoms with Gasteiger partial charge in [0.15, 0.2) is 0 Å². The molecule has 0 radical (unpaired) electrons. The number of hydrogen-bond donors (Lipinski definition) is 1. The third-order valence-electron chi connectivity index (χ3n) is 3.69. The molecule has 2 aromatic rings. The number of rotatable bonds is 6. The zero-order chi connectivity index (χ0) is 15.2. The molecular formula is C17H22ClN3. The van der Waals surface area contributed by atoms with E-state index in [9.17, 15) is 0 Å². The first-order chi connectivity index (χ1) is 10.1. The summed E-state index contributed by atoms with van der Waals surface area (Å²) in [4.78, 5) is 8.77. The average molecular weight is 304 g/mol. The summed E-state index contributed by atoms with van der Waals surface area (Å²) in [6.07, 6.45) is 1.83. The van der Waals surface area contributed by atoms with E-state index in [0.717, 1.165) is 36.6 Å². The van der Waals surface area contributed by atoms with Crippen molar-refractivity contribution in [3.63, 3.8) is 0 Å². The Morgan fingerprint density at radius 3 is 2.57 bits per heavy atom. The molecule has 1 aromatic heterocycles. The Labute approximate surface area is 131 Å². The monoisotopic (exact) mass is 303 g/mol. The third kappa shape index (κ3) is 4.18. The van der Waals surface area contributed by atoms with Crippen LogP contribution in [0, 0.1) is 6.92 Å². The van der Waals surface area contributed by atoms with Crippen molar-refractivity contribution in [3.05, 3.63) is 52.4 Å². The van der Waals surface area contributed by atoms with Gasteiger partial charge in [0.1, 0.15) is 16.8 Å². The first-order valence-corrected chi connectivity index (χ1v) is 7.81. The van der Waals surface area contributed by atoms with Crippen LogP contribution in [0.15, 0.2) is 30.3 Å². The van der Waals surface area contributed by atoms with Crippen molar-refractivity contribution in [1.29, 1.82) is 0 Å². The van der Waals surface area contributed by atoms with Crippen molar-refractivity contribution in [2.75, 3.05) is 11.9 Å². The number of aryl methyl sites for hydroxylation is 1. The molecule has 0 saturated carbocycles. The predicted octanol–water partition coefficient (Wildman–Crippen LogP) is 4.61. The minimum atomic E-state index is 0.516. The average Bonchev–Trinajstić information content (AvgIpc) is 2.51. The van der Waals surface area contributed by atoms with Crippen LogP contribution in [0.3, 0.4) is 0 Å². The molecule has 0 aliphatic rings. The molecule has 0 aliphatic carbocycles. The highest BCUT2D eigenvalue weighted by Crippen LogP contribution is 2.22. The number of benzene rings is 1. The highest BCUT2D eigenvalue weighted by Gasteiger charge is 2.09. The van der Waals surface area contributed by atoms with E-state index < -0.39 is 0 Å². The summed E-state index contributed by atoms with van der Waals surface area (Å²) in [6, 6.07) is 10.6. The fourth-order valence-electron chi connectivity index (χ4n) is 2.22. The van der Waals surface area contributed by atoms with E-state index >= 15 is 0 Å². The summed E-state index contributed by atoms with van der Waals surface area (Å²) in [7, 11) is 0.